The van der Waals surface area contributed by atoms with Crippen LogP contribution in [0.25, 0.3) is 0 Å². The molecule has 5 aromatic rings. The van der Waals surface area contributed by atoms with E-state index in [2.05, 4.69) is 89.8 Å². The van der Waals surface area contributed by atoms with Crippen molar-refractivity contribution < 1.29 is 9.13 Å². The summed E-state index contributed by atoms with van der Waals surface area (Å²) in [5.74, 6) is 0.733. The van der Waals surface area contributed by atoms with E-state index in [1.54, 1.807) is 12.1 Å². The molecule has 0 aromatic heterocycles. The van der Waals surface area contributed by atoms with Crippen LogP contribution in [0.2, 0.25) is 0 Å². The number of ether oxygens (including phenoxy) is 1. The van der Waals surface area contributed by atoms with Crippen LogP contribution in [-0.2, 0) is 26.0 Å². The standard InChI is InChI=1S/C36H35FNOP/c1-38(2)25-32-24-33(37)18-19-34(32)40-35-23-30(20-27-12-6-3-7-13-27)22-31(21-28-14-8-4-9-15-28)36(35)39-26-29-16-10-5-11-17-29/h3-19,22-24,40H,20-21,25-26H2,1-2H3. The maximum atomic E-state index is 14.3. The molecule has 5 rings (SSSR count). The average molecular weight is 548 g/mol. The minimum atomic E-state index is -0.200. The van der Waals surface area contributed by atoms with E-state index in [9.17, 15) is 4.39 Å². The first kappa shape index (κ1) is 27.8. The van der Waals surface area contributed by atoms with Gasteiger partial charge < -0.3 is 9.64 Å². The Morgan fingerprint density at radius 2 is 1.20 bits per heavy atom. The predicted molar refractivity (Wildman–Crippen MR) is 167 cm³/mol. The zero-order valence-electron chi connectivity index (χ0n) is 23.1. The molecule has 1 atom stereocenters. The Bertz CT molecular complexity index is 1520. The van der Waals surface area contributed by atoms with Gasteiger partial charge in [-0.15, -0.1) is 0 Å². The molecule has 0 aliphatic carbocycles. The van der Waals surface area contributed by atoms with Crippen LogP contribution in [0, 0.1) is 5.82 Å². The Kier molecular flexibility index (Phi) is 9.39. The summed E-state index contributed by atoms with van der Waals surface area (Å²) in [7, 11) is 4.37. The van der Waals surface area contributed by atoms with E-state index in [1.165, 1.54) is 22.3 Å². The van der Waals surface area contributed by atoms with E-state index >= 15 is 0 Å². The molecule has 0 saturated heterocycles. The third-order valence-electron chi connectivity index (χ3n) is 6.76. The highest BCUT2D eigenvalue weighted by Gasteiger charge is 2.17. The van der Waals surface area contributed by atoms with Gasteiger partial charge in [0.1, 0.15) is 18.2 Å². The fourth-order valence-corrected chi connectivity index (χ4v) is 6.30. The minimum absolute atomic E-state index is 0.200. The summed E-state index contributed by atoms with van der Waals surface area (Å²) >= 11 is 0. The molecule has 0 aliphatic heterocycles. The molecule has 0 fully saturated rings. The van der Waals surface area contributed by atoms with Gasteiger partial charge >= 0.3 is 0 Å². The SMILES string of the molecule is CN(C)Cc1cc(F)ccc1Pc1cc(Cc2ccccc2)cc(Cc2ccccc2)c1OCc1ccccc1. The van der Waals surface area contributed by atoms with Gasteiger partial charge in [0.05, 0.1) is 0 Å². The molecule has 0 heterocycles. The quantitative estimate of drug-likeness (QED) is 0.161. The summed E-state index contributed by atoms with van der Waals surface area (Å²) in [6.45, 7) is 1.17. The number of rotatable bonds is 11. The summed E-state index contributed by atoms with van der Waals surface area (Å²) in [4.78, 5) is 2.09. The molecule has 40 heavy (non-hydrogen) atoms. The second kappa shape index (κ2) is 13.5. The predicted octanol–water partition coefficient (Wildman–Crippen LogP) is 7.28. The van der Waals surface area contributed by atoms with Crippen LogP contribution < -0.4 is 15.3 Å². The summed E-state index contributed by atoms with van der Waals surface area (Å²) in [6, 6.07) is 41.2. The molecule has 5 aromatic carbocycles. The topological polar surface area (TPSA) is 12.5 Å². The Hall–Kier alpha value is -3.78. The van der Waals surface area contributed by atoms with Gasteiger partial charge in [0.25, 0.3) is 0 Å². The maximum absolute atomic E-state index is 14.3. The molecule has 1 unspecified atom stereocenters. The molecule has 0 radical (unpaired) electrons. The molecule has 202 valence electrons. The van der Waals surface area contributed by atoms with E-state index < -0.39 is 0 Å². The zero-order chi connectivity index (χ0) is 27.7. The van der Waals surface area contributed by atoms with E-state index in [1.807, 2.05) is 38.4 Å². The number of hydrogen-bond acceptors (Lipinski definition) is 2. The zero-order valence-corrected chi connectivity index (χ0v) is 24.1. The third-order valence-corrected chi connectivity index (χ3v) is 8.16. The number of hydrogen-bond donors (Lipinski definition) is 0. The van der Waals surface area contributed by atoms with Crippen LogP contribution in [0.5, 0.6) is 5.75 Å². The molecule has 4 heteroatoms. The van der Waals surface area contributed by atoms with Crippen molar-refractivity contribution in [1.82, 2.24) is 4.90 Å². The smallest absolute Gasteiger partial charge is 0.131 e. The van der Waals surface area contributed by atoms with E-state index in [0.717, 1.165) is 40.3 Å². The molecule has 0 spiro atoms. The van der Waals surface area contributed by atoms with E-state index in [-0.39, 0.29) is 5.82 Å². The summed E-state index contributed by atoms with van der Waals surface area (Å²) in [5.41, 5.74) is 7.09. The van der Waals surface area contributed by atoms with Gasteiger partial charge in [0.15, 0.2) is 0 Å². The highest BCUT2D eigenvalue weighted by Crippen LogP contribution is 2.30. The van der Waals surface area contributed by atoms with Crippen molar-refractivity contribution in [3.05, 3.63) is 161 Å². The van der Waals surface area contributed by atoms with Crippen LogP contribution >= 0.6 is 8.58 Å². The number of benzene rings is 5. The second-order valence-electron chi connectivity index (χ2n) is 10.4. The van der Waals surface area contributed by atoms with Gasteiger partial charge in [-0.05, 0) is 77.4 Å². The molecule has 2 nitrogen and oxygen atoms in total. The Labute approximate surface area is 239 Å². The van der Waals surface area contributed by atoms with Gasteiger partial charge in [0, 0.05) is 18.3 Å². The average Bonchev–Trinajstić information content (AvgIpc) is 2.95. The van der Waals surface area contributed by atoms with Crippen molar-refractivity contribution in [3.8, 4) is 5.75 Å². The minimum Gasteiger partial charge on any atom is -0.488 e. The monoisotopic (exact) mass is 547 g/mol. The lowest BCUT2D eigenvalue weighted by Gasteiger charge is -2.20. The summed E-state index contributed by atoms with van der Waals surface area (Å²) < 4.78 is 21.0. The lowest BCUT2D eigenvalue weighted by atomic mass is 9.98. The molecular formula is C36H35FNOP. The van der Waals surface area contributed by atoms with Crippen molar-refractivity contribution in [2.75, 3.05) is 14.1 Å². The van der Waals surface area contributed by atoms with Crippen LogP contribution in [0.3, 0.4) is 0 Å². The van der Waals surface area contributed by atoms with Gasteiger partial charge in [-0.3, -0.25) is 0 Å². The largest absolute Gasteiger partial charge is 0.488 e. The normalized spacial score (nSPS) is 11.4. The lowest BCUT2D eigenvalue weighted by Crippen LogP contribution is -2.19. The second-order valence-corrected chi connectivity index (χ2v) is 11.7. The Morgan fingerprint density at radius 3 is 1.82 bits per heavy atom. The summed E-state index contributed by atoms with van der Waals surface area (Å²) in [6.07, 6.45) is 1.62. The first-order valence-electron chi connectivity index (χ1n) is 13.6. The van der Waals surface area contributed by atoms with Crippen molar-refractivity contribution in [3.63, 3.8) is 0 Å². The van der Waals surface area contributed by atoms with Crippen LogP contribution in [0.15, 0.2) is 121 Å². The summed E-state index contributed by atoms with van der Waals surface area (Å²) in [5, 5.41) is 2.30. The first-order valence-corrected chi connectivity index (χ1v) is 14.6. The molecule has 0 N–H and O–H groups in total. The van der Waals surface area contributed by atoms with E-state index in [4.69, 9.17) is 4.74 Å². The molecule has 0 amide bonds. The maximum Gasteiger partial charge on any atom is 0.131 e. The highest BCUT2D eigenvalue weighted by atomic mass is 31.1. The molecule has 0 aliphatic rings. The van der Waals surface area contributed by atoms with Crippen LogP contribution in [0.4, 0.5) is 4.39 Å². The van der Waals surface area contributed by atoms with Crippen molar-refractivity contribution >= 4 is 19.2 Å². The molecular weight excluding hydrogens is 512 g/mol. The first-order chi connectivity index (χ1) is 19.5. The fraction of sp³-hybridized carbons (Fsp3) is 0.167. The van der Waals surface area contributed by atoms with Gasteiger partial charge in [-0.1, -0.05) is 112 Å². The lowest BCUT2D eigenvalue weighted by molar-refractivity contribution is 0.306. The molecule has 0 saturated carbocycles. The van der Waals surface area contributed by atoms with Crippen LogP contribution in [0.1, 0.15) is 33.4 Å². The van der Waals surface area contributed by atoms with Gasteiger partial charge in [-0.2, -0.15) is 0 Å². The molecule has 0 bridgehead atoms. The van der Waals surface area contributed by atoms with Crippen molar-refractivity contribution in [2.45, 2.75) is 26.0 Å². The number of halogens is 1. The van der Waals surface area contributed by atoms with Crippen molar-refractivity contribution in [1.29, 1.82) is 0 Å². The fourth-order valence-electron chi connectivity index (χ4n) is 4.93. The van der Waals surface area contributed by atoms with Crippen molar-refractivity contribution in [2.24, 2.45) is 0 Å². The van der Waals surface area contributed by atoms with Crippen LogP contribution in [-0.4, -0.2) is 19.0 Å². The highest BCUT2D eigenvalue weighted by molar-refractivity contribution is 7.55. The Balaban J connectivity index is 1.60. The Morgan fingerprint density at radius 1 is 0.600 bits per heavy atom. The third kappa shape index (κ3) is 7.66. The number of nitrogens with zero attached hydrogens (tertiary/aromatic N) is 1. The van der Waals surface area contributed by atoms with E-state index in [0.29, 0.717) is 21.7 Å². The van der Waals surface area contributed by atoms with Gasteiger partial charge in [0.2, 0.25) is 0 Å². The van der Waals surface area contributed by atoms with Gasteiger partial charge in [-0.25, -0.2) is 4.39 Å².